The van der Waals surface area contributed by atoms with Crippen LogP contribution in [0.3, 0.4) is 0 Å². The number of hydrogen-bond acceptors (Lipinski definition) is 0. The van der Waals surface area contributed by atoms with Crippen molar-refractivity contribution in [3.05, 3.63) is 0 Å². The molecule has 0 aromatic heterocycles. The van der Waals surface area contributed by atoms with E-state index in [0.29, 0.717) is 0 Å². The Morgan fingerprint density at radius 1 is 0.591 bits per heavy atom. The molecule has 0 aliphatic heterocycles. The zero-order valence-electron chi connectivity index (χ0n) is 14.2. The average molecular weight is 340 g/mol. The van der Waals surface area contributed by atoms with E-state index in [1.54, 1.807) is 0 Å². The molecule has 138 valence electrons. The second kappa shape index (κ2) is 18.6. The molecule has 22 heavy (non-hydrogen) atoms. The summed E-state index contributed by atoms with van der Waals surface area (Å²) < 4.78 is 59.3. The maximum atomic E-state index is 9.67. The number of rotatable bonds is 9. The Hall–Kier alpha value is -0.460. The Morgan fingerprint density at radius 2 is 0.773 bits per heavy atom. The van der Waals surface area contributed by atoms with Gasteiger partial charge in [-0.3, -0.25) is 0 Å². The van der Waals surface area contributed by atoms with Crippen LogP contribution in [-0.4, -0.2) is 44.5 Å². The molecule has 0 saturated heterocycles. The molecule has 0 aliphatic carbocycles. The van der Waals surface area contributed by atoms with Gasteiger partial charge in [0.15, 0.2) is 0 Å². The summed E-state index contributed by atoms with van der Waals surface area (Å²) in [4.78, 5) is 0. The SMILES string of the molecule is CCCC[N+](C)(CCCC)CCCC.FC(F)F.FC(F)F. The van der Waals surface area contributed by atoms with Crippen LogP contribution in [-0.2, 0) is 0 Å². The molecule has 0 saturated carbocycles. The van der Waals surface area contributed by atoms with Gasteiger partial charge in [-0.15, -0.1) is 0 Å². The zero-order valence-corrected chi connectivity index (χ0v) is 14.2. The van der Waals surface area contributed by atoms with Gasteiger partial charge in [-0.2, -0.15) is 26.3 Å². The number of nitrogens with zero attached hydrogens (tertiary/aromatic N) is 1. The molecule has 0 N–H and O–H groups in total. The van der Waals surface area contributed by atoms with Crippen molar-refractivity contribution in [1.82, 2.24) is 0 Å². The zero-order chi connectivity index (χ0) is 18.0. The minimum Gasteiger partial charge on any atom is -0.326 e. The van der Waals surface area contributed by atoms with Crippen LogP contribution < -0.4 is 0 Å². The van der Waals surface area contributed by atoms with Crippen molar-refractivity contribution in [3.8, 4) is 0 Å². The average Bonchev–Trinajstić information content (AvgIpc) is 2.40. The molecule has 0 aromatic rings. The van der Waals surface area contributed by atoms with Crippen LogP contribution in [0.5, 0.6) is 0 Å². The first-order chi connectivity index (χ1) is 10.1. The summed E-state index contributed by atoms with van der Waals surface area (Å²) in [6.07, 6.45) is 8.20. The molecule has 0 bridgehead atoms. The Kier molecular flexibility index (Phi) is 22.3. The standard InChI is InChI=1S/C13H30N.2CHF3/c1-5-8-11-14(4,12-9-6-2)13-10-7-3;2*2-1(3)4/h5-13H2,1-4H3;2*1H/q+1;;. The van der Waals surface area contributed by atoms with E-state index in [1.807, 2.05) is 0 Å². The van der Waals surface area contributed by atoms with Crippen molar-refractivity contribution < 1.29 is 30.8 Å². The highest BCUT2D eigenvalue weighted by Crippen LogP contribution is 2.10. The molecule has 0 heterocycles. The maximum absolute atomic E-state index is 9.67. The van der Waals surface area contributed by atoms with Crippen molar-refractivity contribution in [2.24, 2.45) is 0 Å². The summed E-state index contributed by atoms with van der Waals surface area (Å²) in [6, 6.07) is 0. The molecule has 0 radical (unpaired) electrons. The fourth-order valence-electron chi connectivity index (χ4n) is 1.95. The summed E-state index contributed by atoms with van der Waals surface area (Å²) in [6.45, 7) is 3.71. The highest BCUT2D eigenvalue weighted by atomic mass is 19.4. The molecule has 0 fully saturated rings. The number of quaternary nitrogens is 1. The molecule has 7 heteroatoms. The van der Waals surface area contributed by atoms with Gasteiger partial charge in [0, 0.05) is 0 Å². The first-order valence-corrected chi connectivity index (χ1v) is 7.83. The quantitative estimate of drug-likeness (QED) is 0.347. The smallest absolute Gasteiger partial charge is 0.326 e. The number of hydrogen-bond donors (Lipinski definition) is 0. The van der Waals surface area contributed by atoms with Crippen LogP contribution in [0.4, 0.5) is 26.3 Å². The first kappa shape index (κ1) is 26.4. The summed E-state index contributed by atoms with van der Waals surface area (Å²) in [5.41, 5.74) is 0. The van der Waals surface area contributed by atoms with Crippen molar-refractivity contribution in [2.75, 3.05) is 26.7 Å². The van der Waals surface area contributed by atoms with Crippen LogP contribution in [0.1, 0.15) is 59.3 Å². The lowest BCUT2D eigenvalue weighted by Gasteiger charge is -2.34. The van der Waals surface area contributed by atoms with Gasteiger partial charge in [-0.05, 0) is 19.3 Å². The second-order valence-electron chi connectivity index (χ2n) is 5.35. The molecule has 0 rings (SSSR count). The molecule has 0 amide bonds. The van der Waals surface area contributed by atoms with Crippen molar-refractivity contribution >= 4 is 0 Å². The lowest BCUT2D eigenvalue weighted by Crippen LogP contribution is -2.46. The minimum atomic E-state index is -3.67. The van der Waals surface area contributed by atoms with E-state index in [9.17, 15) is 26.3 Å². The van der Waals surface area contributed by atoms with Gasteiger partial charge in [0.2, 0.25) is 0 Å². The van der Waals surface area contributed by atoms with E-state index in [2.05, 4.69) is 27.8 Å². The van der Waals surface area contributed by atoms with Crippen LogP contribution in [0.15, 0.2) is 0 Å². The van der Waals surface area contributed by atoms with E-state index < -0.39 is 13.4 Å². The van der Waals surface area contributed by atoms with Crippen LogP contribution in [0.25, 0.3) is 0 Å². The maximum Gasteiger partial charge on any atom is 0.379 e. The first-order valence-electron chi connectivity index (χ1n) is 7.83. The van der Waals surface area contributed by atoms with Gasteiger partial charge in [-0.1, -0.05) is 40.0 Å². The van der Waals surface area contributed by atoms with Gasteiger partial charge in [0.1, 0.15) is 0 Å². The molecule has 0 aromatic carbocycles. The van der Waals surface area contributed by atoms with E-state index in [0.717, 1.165) is 0 Å². The van der Waals surface area contributed by atoms with Crippen molar-refractivity contribution in [3.63, 3.8) is 0 Å². The number of alkyl halides is 6. The summed E-state index contributed by atoms with van der Waals surface area (Å²) in [5.74, 6) is 0. The molecule has 0 aliphatic rings. The summed E-state index contributed by atoms with van der Waals surface area (Å²) in [7, 11) is 2.45. The van der Waals surface area contributed by atoms with Crippen LogP contribution >= 0.6 is 0 Å². The number of unbranched alkanes of at least 4 members (excludes halogenated alkanes) is 3. The Bertz CT molecular complexity index is 169. The third-order valence-corrected chi connectivity index (χ3v) is 3.15. The third-order valence-electron chi connectivity index (χ3n) is 3.15. The number of halogens is 6. The predicted octanol–water partition coefficient (Wildman–Crippen LogP) is 6.19. The second-order valence-corrected chi connectivity index (χ2v) is 5.35. The molecule has 1 nitrogen and oxygen atoms in total. The molecule has 0 spiro atoms. The van der Waals surface area contributed by atoms with Crippen LogP contribution in [0.2, 0.25) is 0 Å². The largest absolute Gasteiger partial charge is 0.379 e. The Labute approximate surface area is 131 Å². The Morgan fingerprint density at radius 3 is 0.909 bits per heavy atom. The van der Waals surface area contributed by atoms with Crippen LogP contribution in [0, 0.1) is 0 Å². The molecular weight excluding hydrogens is 308 g/mol. The van der Waals surface area contributed by atoms with Gasteiger partial charge in [0.25, 0.3) is 0 Å². The summed E-state index contributed by atoms with van der Waals surface area (Å²) >= 11 is 0. The highest BCUT2D eigenvalue weighted by Gasteiger charge is 2.18. The van der Waals surface area contributed by atoms with Gasteiger partial charge in [0.05, 0.1) is 26.7 Å². The van der Waals surface area contributed by atoms with Gasteiger partial charge in [-0.25, -0.2) is 0 Å². The lowest BCUT2D eigenvalue weighted by molar-refractivity contribution is -0.910. The fourth-order valence-corrected chi connectivity index (χ4v) is 1.95. The topological polar surface area (TPSA) is 0 Å². The van der Waals surface area contributed by atoms with E-state index >= 15 is 0 Å². The fraction of sp³-hybridized carbons (Fsp3) is 1.00. The summed E-state index contributed by atoms with van der Waals surface area (Å²) in [5, 5.41) is 0. The van der Waals surface area contributed by atoms with Crippen molar-refractivity contribution in [2.45, 2.75) is 72.7 Å². The van der Waals surface area contributed by atoms with Gasteiger partial charge >= 0.3 is 13.4 Å². The predicted molar refractivity (Wildman–Crippen MR) is 79.7 cm³/mol. The van der Waals surface area contributed by atoms with Gasteiger partial charge < -0.3 is 4.48 Å². The highest BCUT2D eigenvalue weighted by molar-refractivity contribution is 4.43. The lowest BCUT2D eigenvalue weighted by atomic mass is 10.2. The Balaban J connectivity index is -0.000000372. The molecule has 0 unspecified atom stereocenters. The third kappa shape index (κ3) is 31.8. The minimum absolute atomic E-state index is 1.32. The monoisotopic (exact) mass is 340 g/mol. The van der Waals surface area contributed by atoms with E-state index in [-0.39, 0.29) is 0 Å². The molecular formula is C15H32F6N+. The van der Waals surface area contributed by atoms with Crippen molar-refractivity contribution in [1.29, 1.82) is 0 Å². The van der Waals surface area contributed by atoms with E-state index in [4.69, 9.17) is 0 Å². The normalized spacial score (nSPS) is 10.9. The van der Waals surface area contributed by atoms with E-state index in [1.165, 1.54) is 62.6 Å². The molecule has 0 atom stereocenters.